The summed E-state index contributed by atoms with van der Waals surface area (Å²) in [7, 11) is -2.93. The van der Waals surface area contributed by atoms with E-state index in [2.05, 4.69) is 34.9 Å². The second-order valence-electron chi connectivity index (χ2n) is 6.50. The van der Waals surface area contributed by atoms with Gasteiger partial charge in [-0.25, -0.2) is 8.42 Å². The lowest BCUT2D eigenvalue weighted by Crippen LogP contribution is -2.38. The largest absolute Gasteiger partial charge is 0.357 e. The number of guanidine groups is 1. The van der Waals surface area contributed by atoms with Crippen molar-refractivity contribution in [1.29, 1.82) is 0 Å². The predicted octanol–water partition coefficient (Wildman–Crippen LogP) is 2.81. The number of benzene rings is 2. The van der Waals surface area contributed by atoms with Gasteiger partial charge >= 0.3 is 0 Å². The number of nitrogens with zero attached hydrogens (tertiary/aromatic N) is 1. The van der Waals surface area contributed by atoms with E-state index in [0.717, 1.165) is 6.54 Å². The zero-order chi connectivity index (χ0) is 19.5. The maximum Gasteiger partial charge on any atom is 0.191 e. The van der Waals surface area contributed by atoms with Crippen LogP contribution in [0.4, 0.5) is 0 Å². The van der Waals surface area contributed by atoms with Gasteiger partial charge in [0.2, 0.25) is 0 Å². The van der Waals surface area contributed by atoms with Crippen LogP contribution in [0.3, 0.4) is 0 Å². The van der Waals surface area contributed by atoms with Gasteiger partial charge in [-0.15, -0.1) is 0 Å². The molecule has 0 atom stereocenters. The molecule has 0 saturated carbocycles. The molecule has 27 heavy (non-hydrogen) atoms. The van der Waals surface area contributed by atoms with Gasteiger partial charge in [0, 0.05) is 25.3 Å². The van der Waals surface area contributed by atoms with Gasteiger partial charge in [0.15, 0.2) is 5.96 Å². The van der Waals surface area contributed by atoms with Crippen molar-refractivity contribution in [2.24, 2.45) is 4.99 Å². The van der Waals surface area contributed by atoms with Crippen LogP contribution in [0.25, 0.3) is 0 Å². The molecular formula is C21H29N3O2S. The number of nitrogens with one attached hydrogen (secondary N) is 2. The molecule has 5 nitrogen and oxygen atoms in total. The van der Waals surface area contributed by atoms with Crippen molar-refractivity contribution in [3.8, 4) is 0 Å². The van der Waals surface area contributed by atoms with E-state index in [1.165, 1.54) is 17.4 Å². The number of sulfone groups is 1. The topological polar surface area (TPSA) is 70.6 Å². The van der Waals surface area contributed by atoms with E-state index in [1.54, 1.807) is 0 Å². The minimum Gasteiger partial charge on any atom is -0.357 e. The Morgan fingerprint density at radius 2 is 1.52 bits per heavy atom. The van der Waals surface area contributed by atoms with E-state index in [9.17, 15) is 8.42 Å². The average molecular weight is 388 g/mol. The summed E-state index contributed by atoms with van der Waals surface area (Å²) in [4.78, 5) is 4.75. The summed E-state index contributed by atoms with van der Waals surface area (Å²) in [6.45, 7) is 3.94. The number of rotatable bonds is 9. The molecule has 0 aliphatic heterocycles. The zero-order valence-corrected chi connectivity index (χ0v) is 16.9. The molecule has 0 spiro atoms. The molecule has 0 unspecified atom stereocenters. The van der Waals surface area contributed by atoms with Crippen LogP contribution in [0.15, 0.2) is 65.7 Å². The van der Waals surface area contributed by atoms with Crippen molar-refractivity contribution >= 4 is 15.8 Å². The Morgan fingerprint density at radius 3 is 2.00 bits per heavy atom. The van der Waals surface area contributed by atoms with Crippen LogP contribution in [-0.2, 0) is 9.84 Å². The Kier molecular flexibility index (Phi) is 8.33. The van der Waals surface area contributed by atoms with Gasteiger partial charge in [-0.2, -0.15) is 0 Å². The summed E-state index contributed by atoms with van der Waals surface area (Å²) >= 11 is 0. The normalized spacial score (nSPS) is 12.2. The van der Waals surface area contributed by atoms with E-state index in [0.29, 0.717) is 25.5 Å². The maximum atomic E-state index is 11.3. The molecule has 0 amide bonds. The zero-order valence-electron chi connectivity index (χ0n) is 16.1. The van der Waals surface area contributed by atoms with E-state index >= 15 is 0 Å². The first-order valence-electron chi connectivity index (χ1n) is 9.29. The van der Waals surface area contributed by atoms with Gasteiger partial charge in [0.1, 0.15) is 9.84 Å². The summed E-state index contributed by atoms with van der Waals surface area (Å²) < 4.78 is 22.5. The summed E-state index contributed by atoms with van der Waals surface area (Å²) in [6, 6.07) is 20.7. The second kappa shape index (κ2) is 10.7. The number of aliphatic imine (C=N–C) groups is 1. The van der Waals surface area contributed by atoms with E-state index < -0.39 is 9.84 Å². The predicted molar refractivity (Wildman–Crippen MR) is 113 cm³/mol. The van der Waals surface area contributed by atoms with Crippen molar-refractivity contribution < 1.29 is 8.42 Å². The second-order valence-corrected chi connectivity index (χ2v) is 8.76. The molecule has 2 N–H and O–H groups in total. The summed E-state index contributed by atoms with van der Waals surface area (Å²) in [5.41, 5.74) is 2.45. The molecule has 0 bridgehead atoms. The van der Waals surface area contributed by atoms with Crippen LogP contribution in [0.5, 0.6) is 0 Å². The molecule has 146 valence electrons. The van der Waals surface area contributed by atoms with Crippen LogP contribution in [0.1, 0.15) is 30.4 Å². The third kappa shape index (κ3) is 7.83. The van der Waals surface area contributed by atoms with Gasteiger partial charge in [-0.3, -0.25) is 4.99 Å². The highest BCUT2D eigenvalue weighted by atomic mass is 32.2. The van der Waals surface area contributed by atoms with Crippen LogP contribution < -0.4 is 10.6 Å². The molecule has 0 aliphatic carbocycles. The number of hydrogen-bond acceptors (Lipinski definition) is 3. The third-order valence-corrected chi connectivity index (χ3v) is 5.19. The first-order chi connectivity index (χ1) is 13.0. The van der Waals surface area contributed by atoms with Gasteiger partial charge in [-0.1, -0.05) is 60.7 Å². The molecule has 0 radical (unpaired) electrons. The lowest BCUT2D eigenvalue weighted by Gasteiger charge is -2.18. The fourth-order valence-corrected chi connectivity index (χ4v) is 3.51. The average Bonchev–Trinajstić information content (AvgIpc) is 2.66. The molecule has 0 aliphatic rings. The van der Waals surface area contributed by atoms with Gasteiger partial charge < -0.3 is 10.6 Å². The smallest absolute Gasteiger partial charge is 0.191 e. The van der Waals surface area contributed by atoms with Crippen molar-refractivity contribution in [2.45, 2.75) is 19.3 Å². The standard InChI is InChI=1S/C21H29N3O2S/c1-3-22-21(23-15-10-16-27(2,25)26)24-17-20(18-11-6-4-7-12-18)19-13-8-5-9-14-19/h4-9,11-14,20H,3,10,15-17H2,1-2H3,(H2,22,23,24). The molecule has 0 saturated heterocycles. The van der Waals surface area contributed by atoms with E-state index in [4.69, 9.17) is 4.99 Å². The molecule has 2 aromatic rings. The summed E-state index contributed by atoms with van der Waals surface area (Å²) in [5, 5.41) is 6.45. The third-order valence-electron chi connectivity index (χ3n) is 4.16. The first kappa shape index (κ1) is 21.0. The Labute approximate surface area is 162 Å². The van der Waals surface area contributed by atoms with Gasteiger partial charge in [0.05, 0.1) is 12.3 Å². The molecule has 2 rings (SSSR count). The summed E-state index contributed by atoms with van der Waals surface area (Å²) in [6.07, 6.45) is 1.82. The first-order valence-corrected chi connectivity index (χ1v) is 11.4. The van der Waals surface area contributed by atoms with Crippen LogP contribution >= 0.6 is 0 Å². The minimum atomic E-state index is -2.93. The fraction of sp³-hybridized carbons (Fsp3) is 0.381. The lowest BCUT2D eigenvalue weighted by atomic mass is 9.91. The van der Waals surface area contributed by atoms with E-state index in [1.807, 2.05) is 43.3 Å². The molecular weight excluding hydrogens is 358 g/mol. The molecule has 6 heteroatoms. The Hall–Kier alpha value is -2.34. The molecule has 0 fully saturated rings. The van der Waals surface area contributed by atoms with Crippen molar-refractivity contribution in [2.75, 3.05) is 31.6 Å². The van der Waals surface area contributed by atoms with E-state index in [-0.39, 0.29) is 11.7 Å². The molecule has 0 heterocycles. The fourth-order valence-electron chi connectivity index (χ4n) is 2.84. The van der Waals surface area contributed by atoms with Crippen LogP contribution in [-0.4, -0.2) is 46.0 Å². The quantitative estimate of drug-likeness (QED) is 0.394. The van der Waals surface area contributed by atoms with Crippen molar-refractivity contribution in [1.82, 2.24) is 10.6 Å². The maximum absolute atomic E-state index is 11.3. The summed E-state index contributed by atoms with van der Waals surface area (Å²) in [5.74, 6) is 1.05. The van der Waals surface area contributed by atoms with Crippen LogP contribution in [0, 0.1) is 0 Å². The Morgan fingerprint density at radius 1 is 0.963 bits per heavy atom. The molecule has 2 aromatic carbocycles. The Balaban J connectivity index is 2.09. The highest BCUT2D eigenvalue weighted by molar-refractivity contribution is 7.90. The SMILES string of the molecule is CCNC(=NCC(c1ccccc1)c1ccccc1)NCCCS(C)(=O)=O. The Bertz CT molecular complexity index is 766. The molecule has 0 aromatic heterocycles. The van der Waals surface area contributed by atoms with Crippen molar-refractivity contribution in [3.05, 3.63) is 71.8 Å². The highest BCUT2D eigenvalue weighted by Gasteiger charge is 2.13. The van der Waals surface area contributed by atoms with Crippen LogP contribution in [0.2, 0.25) is 0 Å². The van der Waals surface area contributed by atoms with Crippen molar-refractivity contribution in [3.63, 3.8) is 0 Å². The lowest BCUT2D eigenvalue weighted by molar-refractivity contribution is 0.598. The van der Waals surface area contributed by atoms with Gasteiger partial charge in [-0.05, 0) is 24.5 Å². The van der Waals surface area contributed by atoms with Gasteiger partial charge in [0.25, 0.3) is 0 Å². The minimum absolute atomic E-state index is 0.166. The highest BCUT2D eigenvalue weighted by Crippen LogP contribution is 2.24. The number of hydrogen-bond donors (Lipinski definition) is 2. The monoisotopic (exact) mass is 387 g/mol.